The smallest absolute Gasteiger partial charge is 0.154 e. The Kier molecular flexibility index (Phi) is 17.3. The first-order chi connectivity index (χ1) is 18.2. The normalized spacial score (nSPS) is 10.7. The van der Waals surface area contributed by atoms with Crippen LogP contribution in [0.4, 0.5) is 13.2 Å². The average molecular weight is 664 g/mol. The molecule has 0 aliphatic rings. The zero-order chi connectivity index (χ0) is 27.8. The molecule has 1 N–H and O–H groups in total. The van der Waals surface area contributed by atoms with E-state index in [1.165, 1.54) is 33.5 Å². The number of hydrogen-bond acceptors (Lipinski definition) is 2. The van der Waals surface area contributed by atoms with Gasteiger partial charge < -0.3 is 13.2 Å². The van der Waals surface area contributed by atoms with Gasteiger partial charge in [0.05, 0.1) is 5.60 Å². The van der Waals surface area contributed by atoms with Crippen LogP contribution in [0.5, 0.6) is 0 Å². The van der Waals surface area contributed by atoms with Gasteiger partial charge in [-0.1, -0.05) is 121 Å². The van der Waals surface area contributed by atoms with Crippen molar-refractivity contribution in [2.45, 2.75) is 26.4 Å². The molecule has 0 aliphatic carbocycles. The molecule has 4 aromatic rings. The molecule has 0 unspecified atom stereocenters. The second-order valence-electron chi connectivity index (χ2n) is 9.06. The molecule has 212 valence electrons. The van der Waals surface area contributed by atoms with E-state index < -0.39 is 12.3 Å². The van der Waals surface area contributed by atoms with Crippen molar-refractivity contribution in [3.8, 4) is 0 Å². The van der Waals surface area contributed by atoms with Crippen molar-refractivity contribution < 1.29 is 43.7 Å². The van der Waals surface area contributed by atoms with Crippen molar-refractivity contribution in [1.29, 1.82) is 0 Å². The van der Waals surface area contributed by atoms with Gasteiger partial charge in [-0.15, -0.1) is 0 Å². The molecule has 4 aromatic carbocycles. The molecule has 0 fully saturated rings. The third-order valence-corrected chi connectivity index (χ3v) is 10.5. The minimum absolute atomic E-state index is 0. The largest absolute Gasteiger partial charge is 0.385 e. The van der Waals surface area contributed by atoms with E-state index >= 15 is 0 Å². The van der Waals surface area contributed by atoms with E-state index in [1.807, 2.05) is 0 Å². The molecule has 0 saturated carbocycles. The van der Waals surface area contributed by atoms with Crippen LogP contribution in [0.15, 0.2) is 121 Å². The molecule has 0 aliphatic heterocycles. The summed E-state index contributed by atoms with van der Waals surface area (Å²) in [6, 6.07) is 44.2. The minimum atomic E-state index is -3.08. The predicted octanol–water partition coefficient (Wildman–Crippen LogP) is 7.87. The minimum Gasteiger partial charge on any atom is -0.385 e. The zero-order valence-electron chi connectivity index (χ0n) is 22.2. The Bertz CT molecular complexity index is 969. The molecule has 8 heteroatoms. The molecular formula is C31H34F3O2P2Pd-. The van der Waals surface area contributed by atoms with Gasteiger partial charge in [-0.2, -0.15) is 0 Å². The Morgan fingerprint density at radius 1 is 0.564 bits per heavy atom. The summed E-state index contributed by atoms with van der Waals surface area (Å²) in [5, 5.41) is 13.8. The zero-order valence-corrected chi connectivity index (χ0v) is 25.5. The summed E-state index contributed by atoms with van der Waals surface area (Å²) >= 11 is 0. The van der Waals surface area contributed by atoms with Gasteiger partial charge in [0.1, 0.15) is 0 Å². The fourth-order valence-electron chi connectivity index (χ4n) is 3.45. The summed E-state index contributed by atoms with van der Waals surface area (Å²) in [5.41, 5.74) is -0.403. The Balaban J connectivity index is 0.000000596. The van der Waals surface area contributed by atoms with Crippen LogP contribution in [0, 0.1) is 6.68 Å². The van der Waals surface area contributed by atoms with Gasteiger partial charge in [0, 0.05) is 20.4 Å². The first kappa shape index (κ1) is 35.1. The van der Waals surface area contributed by atoms with Gasteiger partial charge in [0.25, 0.3) is 0 Å². The third kappa shape index (κ3) is 14.4. The van der Waals surface area contributed by atoms with Crippen molar-refractivity contribution in [3.05, 3.63) is 128 Å². The van der Waals surface area contributed by atoms with Gasteiger partial charge in [0.15, 0.2) is 6.68 Å². The number of halogens is 3. The maximum Gasteiger partial charge on any atom is 0.154 e. The van der Waals surface area contributed by atoms with Crippen LogP contribution >= 0.6 is 15.8 Å². The Hall–Kier alpha value is -1.89. The van der Waals surface area contributed by atoms with Crippen LogP contribution in [-0.4, -0.2) is 23.2 Å². The molecule has 0 saturated heterocycles. The first-order valence-electron chi connectivity index (χ1n) is 12.1. The average Bonchev–Trinajstić information content (AvgIpc) is 2.93. The standard InChI is InChI=1S/C26H24P2.C4H10O2.CF3.Pd/c1-5-13-23(14-6-1)27(24-15-7-2-8-16-24)21-22-28(25-17-9-3-10-18-25)26-19-11-4-12-20-26;1-4(2,3)6-5;2-1(3)4;/h1-20H,21-22H2;5H,1-3H3;;/q;;-1;. The van der Waals surface area contributed by atoms with E-state index in [0.29, 0.717) is 0 Å². The SMILES string of the molecule is CC(C)(C)OO.F[C-](F)F.[Pd].c1ccc(P(CCP(c2ccccc2)c2ccccc2)c2ccccc2)cc1. The van der Waals surface area contributed by atoms with Gasteiger partial charge in [0.2, 0.25) is 0 Å². The van der Waals surface area contributed by atoms with E-state index in [1.54, 1.807) is 20.8 Å². The third-order valence-electron chi connectivity index (χ3n) is 5.09. The fraction of sp³-hybridized carbons (Fsp3) is 0.194. The topological polar surface area (TPSA) is 29.5 Å². The maximum atomic E-state index is 9.58. The number of hydrogen-bond donors (Lipinski definition) is 1. The van der Waals surface area contributed by atoms with Crippen molar-refractivity contribution in [2.24, 2.45) is 0 Å². The van der Waals surface area contributed by atoms with Gasteiger partial charge in [-0.3, -0.25) is 5.26 Å². The van der Waals surface area contributed by atoms with Crippen LogP contribution in [-0.2, 0) is 25.3 Å². The Labute approximate surface area is 246 Å². The van der Waals surface area contributed by atoms with E-state index in [4.69, 9.17) is 5.26 Å². The molecule has 0 aromatic heterocycles. The van der Waals surface area contributed by atoms with Crippen LogP contribution < -0.4 is 21.2 Å². The van der Waals surface area contributed by atoms with Crippen LogP contribution in [0.3, 0.4) is 0 Å². The van der Waals surface area contributed by atoms with Crippen molar-refractivity contribution in [3.63, 3.8) is 0 Å². The van der Waals surface area contributed by atoms with Crippen molar-refractivity contribution >= 4 is 37.1 Å². The summed E-state index contributed by atoms with van der Waals surface area (Å²) in [6.45, 7) is 2.23. The second kappa shape index (κ2) is 19.2. The quantitative estimate of drug-likeness (QED) is 0.0718. The van der Waals surface area contributed by atoms with E-state index in [0.717, 1.165) is 0 Å². The van der Waals surface area contributed by atoms with E-state index in [-0.39, 0.29) is 36.3 Å². The first-order valence-corrected chi connectivity index (χ1v) is 15.2. The monoisotopic (exact) mass is 663 g/mol. The second-order valence-corrected chi connectivity index (χ2v) is 13.7. The Morgan fingerprint density at radius 2 is 0.744 bits per heavy atom. The van der Waals surface area contributed by atoms with Crippen molar-refractivity contribution in [1.82, 2.24) is 0 Å². The summed E-state index contributed by atoms with van der Waals surface area (Å²) in [7, 11) is -0.696. The summed E-state index contributed by atoms with van der Waals surface area (Å²) in [6.07, 6.45) is 2.41. The van der Waals surface area contributed by atoms with Crippen LogP contribution in [0.25, 0.3) is 0 Å². The fourth-order valence-corrected chi connectivity index (χ4v) is 8.80. The molecule has 4 rings (SSSR count). The number of rotatable bonds is 7. The predicted molar refractivity (Wildman–Crippen MR) is 158 cm³/mol. The summed E-state index contributed by atoms with van der Waals surface area (Å²) in [4.78, 5) is 3.94. The summed E-state index contributed by atoms with van der Waals surface area (Å²) < 4.78 is 28.8. The van der Waals surface area contributed by atoms with Gasteiger partial charge >= 0.3 is 0 Å². The molecule has 0 heterocycles. The molecule has 0 spiro atoms. The molecule has 39 heavy (non-hydrogen) atoms. The van der Waals surface area contributed by atoms with E-state index in [2.05, 4.69) is 126 Å². The molecular weight excluding hydrogens is 630 g/mol. The maximum absolute atomic E-state index is 9.58. The van der Waals surface area contributed by atoms with E-state index in [9.17, 15) is 13.2 Å². The van der Waals surface area contributed by atoms with Gasteiger partial charge in [-0.05, 0) is 70.2 Å². The summed E-state index contributed by atoms with van der Waals surface area (Å²) in [5.74, 6) is 0. The molecule has 0 radical (unpaired) electrons. The molecule has 2 nitrogen and oxygen atoms in total. The van der Waals surface area contributed by atoms with Crippen LogP contribution in [0.2, 0.25) is 0 Å². The van der Waals surface area contributed by atoms with Crippen LogP contribution in [0.1, 0.15) is 20.8 Å². The number of benzene rings is 4. The van der Waals surface area contributed by atoms with Crippen molar-refractivity contribution in [2.75, 3.05) is 12.3 Å². The molecule has 0 bridgehead atoms. The molecule has 0 amide bonds. The van der Waals surface area contributed by atoms with Gasteiger partial charge in [-0.25, -0.2) is 4.89 Å². The Morgan fingerprint density at radius 3 is 0.897 bits per heavy atom. The molecule has 0 atom stereocenters.